The second kappa shape index (κ2) is 10.4. The number of rotatable bonds is 7. The van der Waals surface area contributed by atoms with Crippen LogP contribution in [0.2, 0.25) is 0 Å². The van der Waals surface area contributed by atoms with Gasteiger partial charge in [-0.3, -0.25) is 4.79 Å². The number of benzene rings is 2. The molecule has 3 nitrogen and oxygen atoms in total. The number of halogens is 3. The lowest BCUT2D eigenvalue weighted by molar-refractivity contribution is -0.120. The van der Waals surface area contributed by atoms with Crippen LogP contribution in [0.25, 0.3) is 0 Å². The molecule has 2 N–H and O–H groups in total. The highest BCUT2D eigenvalue weighted by Crippen LogP contribution is 2.37. The Morgan fingerprint density at radius 2 is 1.84 bits per heavy atom. The maximum Gasteiger partial charge on any atom is 0.238 e. The molecule has 7 heteroatoms. The van der Waals surface area contributed by atoms with Gasteiger partial charge in [0.25, 0.3) is 0 Å². The highest BCUT2D eigenvalue weighted by Gasteiger charge is 2.23. The summed E-state index contributed by atoms with van der Waals surface area (Å²) in [6.07, 6.45) is 0. The average Bonchev–Trinajstić information content (AvgIpc) is 2.60. The molecule has 1 amide bonds. The van der Waals surface area contributed by atoms with Crippen molar-refractivity contribution in [3.8, 4) is 0 Å². The number of thioether (sulfide) groups is 1. The van der Waals surface area contributed by atoms with E-state index in [9.17, 15) is 13.6 Å². The van der Waals surface area contributed by atoms with Gasteiger partial charge in [0.05, 0.1) is 0 Å². The van der Waals surface area contributed by atoms with Crippen LogP contribution in [0.15, 0.2) is 53.4 Å². The Hall–Kier alpha value is -1.63. The number of hydrogen-bond acceptors (Lipinski definition) is 3. The van der Waals surface area contributed by atoms with Gasteiger partial charge in [0.1, 0.15) is 16.9 Å². The third kappa shape index (κ3) is 6.30. The number of carbonyl (C=O) groups is 1. The predicted octanol–water partition coefficient (Wildman–Crippen LogP) is 3.94. The van der Waals surface area contributed by atoms with Gasteiger partial charge in [-0.2, -0.15) is 0 Å². The molecule has 2 atom stereocenters. The summed E-state index contributed by atoms with van der Waals surface area (Å²) < 4.78 is 27.4. The molecule has 2 rings (SSSR count). The Morgan fingerprint density at radius 3 is 2.48 bits per heavy atom. The van der Waals surface area contributed by atoms with E-state index in [2.05, 4.69) is 10.6 Å². The Balaban J connectivity index is 0.00000312. The molecule has 0 fully saturated rings. The van der Waals surface area contributed by atoms with E-state index in [-0.39, 0.29) is 29.3 Å². The summed E-state index contributed by atoms with van der Waals surface area (Å²) in [7, 11) is 1.81. The lowest BCUT2D eigenvalue weighted by Gasteiger charge is -2.19. The molecule has 0 bridgehead atoms. The van der Waals surface area contributed by atoms with Crippen molar-refractivity contribution in [1.29, 1.82) is 0 Å². The molecule has 0 saturated carbocycles. The van der Waals surface area contributed by atoms with Crippen molar-refractivity contribution in [2.45, 2.75) is 23.1 Å². The van der Waals surface area contributed by atoms with Crippen molar-refractivity contribution >= 4 is 30.1 Å². The molecule has 2 unspecified atom stereocenters. The number of likely N-dealkylation sites (N-methyl/N-ethyl adjacent to an activating group) is 1. The van der Waals surface area contributed by atoms with E-state index >= 15 is 0 Å². The number of carbonyl (C=O) groups excluding carboxylic acids is 1. The maximum atomic E-state index is 13.9. The van der Waals surface area contributed by atoms with Gasteiger partial charge in [-0.1, -0.05) is 30.3 Å². The van der Waals surface area contributed by atoms with Crippen molar-refractivity contribution < 1.29 is 13.6 Å². The fourth-order valence-electron chi connectivity index (χ4n) is 2.04. The zero-order valence-corrected chi connectivity index (χ0v) is 15.6. The summed E-state index contributed by atoms with van der Waals surface area (Å²) in [6.45, 7) is 2.39. The predicted molar refractivity (Wildman–Crippen MR) is 100 cm³/mol. The van der Waals surface area contributed by atoms with Gasteiger partial charge >= 0.3 is 0 Å². The summed E-state index contributed by atoms with van der Waals surface area (Å²) in [5.41, 5.74) is 0.737. The van der Waals surface area contributed by atoms with Crippen LogP contribution in [0.4, 0.5) is 8.78 Å². The molecule has 0 aliphatic carbocycles. The molecule has 0 aliphatic rings. The molecule has 25 heavy (non-hydrogen) atoms. The fraction of sp³-hybridized carbons (Fsp3) is 0.278. The van der Waals surface area contributed by atoms with Gasteiger partial charge in [0.15, 0.2) is 0 Å². The van der Waals surface area contributed by atoms with E-state index in [1.54, 1.807) is 12.1 Å². The number of hydrogen-bond donors (Lipinski definition) is 2. The van der Waals surface area contributed by atoms with Gasteiger partial charge in [-0.25, -0.2) is 8.78 Å². The lowest BCUT2D eigenvalue weighted by atomic mass is 10.1. The molecular formula is C18H21ClF2N2OS. The van der Waals surface area contributed by atoms with Crippen LogP contribution in [0, 0.1) is 11.6 Å². The van der Waals surface area contributed by atoms with Crippen LogP contribution in [-0.2, 0) is 4.79 Å². The molecule has 0 aromatic heterocycles. The molecule has 0 saturated heterocycles. The molecule has 0 spiro atoms. The highest BCUT2D eigenvalue weighted by atomic mass is 35.5. The largest absolute Gasteiger partial charge is 0.353 e. The van der Waals surface area contributed by atoms with Crippen LogP contribution in [-0.4, -0.2) is 25.5 Å². The standard InChI is InChI=1S/C18H20F2N2OS.ClH/c1-12(21-2)11-22-18(23)17(13-6-4-3-5-7-13)24-16-10-14(19)8-9-15(16)20;/h3-10,12,17,21H,11H2,1-2H3,(H,22,23);1H. The minimum absolute atomic E-state index is 0. The maximum absolute atomic E-state index is 13.9. The van der Waals surface area contributed by atoms with E-state index in [1.165, 1.54) is 0 Å². The normalized spacial score (nSPS) is 12.8. The van der Waals surface area contributed by atoms with Crippen molar-refractivity contribution in [1.82, 2.24) is 10.6 Å². The first kappa shape index (κ1) is 21.4. The quantitative estimate of drug-likeness (QED) is 0.708. The average molecular weight is 387 g/mol. The van der Waals surface area contributed by atoms with E-state index < -0.39 is 16.9 Å². The monoisotopic (exact) mass is 386 g/mol. The topological polar surface area (TPSA) is 41.1 Å². The van der Waals surface area contributed by atoms with Crippen LogP contribution in [0.1, 0.15) is 17.7 Å². The minimum atomic E-state index is -0.661. The Labute approximate surface area is 157 Å². The number of nitrogens with one attached hydrogen (secondary N) is 2. The first-order valence-corrected chi connectivity index (χ1v) is 8.51. The molecule has 2 aromatic carbocycles. The molecule has 0 aliphatic heterocycles. The van der Waals surface area contributed by atoms with Gasteiger partial charge in [-0.05, 0) is 37.7 Å². The highest BCUT2D eigenvalue weighted by molar-refractivity contribution is 8.00. The molecule has 136 valence electrons. The molecular weight excluding hydrogens is 366 g/mol. The van der Waals surface area contributed by atoms with Crippen molar-refractivity contribution in [2.24, 2.45) is 0 Å². The Morgan fingerprint density at radius 1 is 1.16 bits per heavy atom. The zero-order chi connectivity index (χ0) is 17.5. The lowest BCUT2D eigenvalue weighted by Crippen LogP contribution is -2.38. The molecule has 0 radical (unpaired) electrons. The summed E-state index contributed by atoms with van der Waals surface area (Å²) >= 11 is 1.00. The second-order valence-corrected chi connectivity index (χ2v) is 6.57. The first-order valence-electron chi connectivity index (χ1n) is 7.63. The summed E-state index contributed by atoms with van der Waals surface area (Å²) in [6, 6.07) is 12.4. The third-order valence-electron chi connectivity index (χ3n) is 3.55. The fourth-order valence-corrected chi connectivity index (χ4v) is 3.14. The molecule has 2 aromatic rings. The van der Waals surface area contributed by atoms with E-state index in [1.807, 2.05) is 32.2 Å². The van der Waals surface area contributed by atoms with Gasteiger partial charge < -0.3 is 10.6 Å². The van der Waals surface area contributed by atoms with Crippen LogP contribution in [0.5, 0.6) is 0 Å². The number of amides is 1. The van der Waals surface area contributed by atoms with Gasteiger partial charge in [0.2, 0.25) is 5.91 Å². The first-order chi connectivity index (χ1) is 11.5. The van der Waals surface area contributed by atoms with Crippen molar-refractivity contribution in [3.63, 3.8) is 0 Å². The summed E-state index contributed by atoms with van der Waals surface area (Å²) in [4.78, 5) is 12.7. The van der Waals surface area contributed by atoms with Gasteiger partial charge in [-0.15, -0.1) is 24.2 Å². The third-order valence-corrected chi connectivity index (χ3v) is 4.84. The SMILES string of the molecule is CNC(C)CNC(=O)C(Sc1cc(F)ccc1F)c1ccccc1.Cl. The van der Waals surface area contributed by atoms with Crippen molar-refractivity contribution in [3.05, 3.63) is 65.7 Å². The smallest absolute Gasteiger partial charge is 0.238 e. The van der Waals surface area contributed by atoms with Crippen LogP contribution >= 0.6 is 24.2 Å². The minimum Gasteiger partial charge on any atom is -0.353 e. The second-order valence-electron chi connectivity index (χ2n) is 5.42. The zero-order valence-electron chi connectivity index (χ0n) is 14.0. The Kier molecular flexibility index (Phi) is 8.89. The van der Waals surface area contributed by atoms with Crippen LogP contribution in [0.3, 0.4) is 0 Å². The molecule has 0 heterocycles. The van der Waals surface area contributed by atoms with E-state index in [0.29, 0.717) is 6.54 Å². The van der Waals surface area contributed by atoms with E-state index in [0.717, 1.165) is 35.5 Å². The Bertz CT molecular complexity index is 688. The summed E-state index contributed by atoms with van der Waals surface area (Å²) in [5.74, 6) is -1.31. The van der Waals surface area contributed by atoms with Crippen LogP contribution < -0.4 is 10.6 Å². The van der Waals surface area contributed by atoms with Gasteiger partial charge in [0, 0.05) is 17.5 Å². The van der Waals surface area contributed by atoms with Crippen molar-refractivity contribution in [2.75, 3.05) is 13.6 Å². The summed E-state index contributed by atoms with van der Waals surface area (Å²) in [5, 5.41) is 5.22. The van der Waals surface area contributed by atoms with E-state index in [4.69, 9.17) is 0 Å².